The number of ether oxygens (including phenoxy) is 3. The van der Waals surface area contributed by atoms with Gasteiger partial charge in [0.1, 0.15) is 24.7 Å². The molecular formula is C25H27N7O9S. The molecule has 0 aromatic heterocycles. The zero-order valence-electron chi connectivity index (χ0n) is 23.1. The third-order valence-electron chi connectivity index (χ3n) is 5.18. The Labute approximate surface area is 244 Å². The van der Waals surface area contributed by atoms with Crippen LogP contribution in [0.15, 0.2) is 51.7 Å². The Balaban J connectivity index is 2.65. The van der Waals surface area contributed by atoms with Crippen LogP contribution >= 0.6 is 11.9 Å². The number of rotatable bonds is 15. The van der Waals surface area contributed by atoms with Gasteiger partial charge < -0.3 is 24.4 Å². The number of nitrogens with zero attached hydrogens (tertiary/aromatic N) is 6. The lowest BCUT2D eigenvalue weighted by Gasteiger charge is -2.27. The van der Waals surface area contributed by atoms with Gasteiger partial charge in [0.25, 0.3) is 5.69 Å². The van der Waals surface area contributed by atoms with E-state index in [0.29, 0.717) is 36.0 Å². The number of carbonyl (C=O) groups is 2. The number of carbonyl (C=O) groups excluding carboxylic acids is 2. The molecule has 2 aromatic carbocycles. The van der Waals surface area contributed by atoms with Crippen LogP contribution in [0.2, 0.25) is 0 Å². The Kier molecular flexibility index (Phi) is 12.2. The number of azo groups is 1. The number of anilines is 2. The van der Waals surface area contributed by atoms with Gasteiger partial charge in [-0.05, 0) is 13.0 Å². The van der Waals surface area contributed by atoms with Gasteiger partial charge in [-0.25, -0.2) is 10.8 Å². The summed E-state index contributed by atoms with van der Waals surface area (Å²) in [6, 6.07) is 4.68. The molecule has 222 valence electrons. The maximum atomic E-state index is 12.0. The largest absolute Gasteiger partial charge is 0.497 e. The molecule has 1 amide bonds. The van der Waals surface area contributed by atoms with Gasteiger partial charge in [-0.2, -0.15) is 0 Å². The predicted molar refractivity (Wildman–Crippen MR) is 153 cm³/mol. The number of methoxy groups -OCH3 is 1. The van der Waals surface area contributed by atoms with E-state index in [1.807, 2.05) is 0 Å². The lowest BCUT2D eigenvalue weighted by atomic mass is 10.2. The summed E-state index contributed by atoms with van der Waals surface area (Å²) in [6.07, 6.45) is 0. The fourth-order valence-corrected chi connectivity index (χ4v) is 3.96. The monoisotopic (exact) mass is 601 g/mol. The van der Waals surface area contributed by atoms with Gasteiger partial charge in [-0.1, -0.05) is 6.58 Å². The van der Waals surface area contributed by atoms with E-state index in [0.717, 1.165) is 6.07 Å². The first-order valence-corrected chi connectivity index (χ1v) is 12.7. The highest BCUT2D eigenvalue weighted by atomic mass is 32.2. The molecule has 0 spiro atoms. The molecule has 0 unspecified atom stereocenters. The predicted octanol–water partition coefficient (Wildman–Crippen LogP) is 5.73. The van der Waals surface area contributed by atoms with Crippen LogP contribution in [-0.4, -0.2) is 55.1 Å². The summed E-state index contributed by atoms with van der Waals surface area (Å²) < 4.78 is 19.2. The smallest absolute Gasteiger partial charge is 0.303 e. The molecule has 0 saturated heterocycles. The summed E-state index contributed by atoms with van der Waals surface area (Å²) in [5.41, 5.74) is -1.03. The molecule has 0 saturated carbocycles. The molecule has 0 aliphatic heterocycles. The van der Waals surface area contributed by atoms with Crippen molar-refractivity contribution < 1.29 is 33.6 Å². The molecule has 0 atom stereocenters. The van der Waals surface area contributed by atoms with E-state index in [2.05, 4.69) is 26.4 Å². The van der Waals surface area contributed by atoms with Gasteiger partial charge in [0.2, 0.25) is 5.91 Å². The summed E-state index contributed by atoms with van der Waals surface area (Å²) in [4.78, 5) is 46.3. The van der Waals surface area contributed by atoms with Crippen LogP contribution in [0, 0.1) is 26.8 Å². The number of amides is 1. The fourth-order valence-electron chi connectivity index (χ4n) is 3.47. The van der Waals surface area contributed by atoms with Crippen LogP contribution in [0.25, 0.3) is 4.25 Å². The molecule has 1 N–H and O–H groups in total. The van der Waals surface area contributed by atoms with Crippen molar-refractivity contribution in [3.05, 3.63) is 67.7 Å². The maximum absolute atomic E-state index is 12.0. The van der Waals surface area contributed by atoms with Crippen molar-refractivity contribution in [1.82, 2.24) is 0 Å². The summed E-state index contributed by atoms with van der Waals surface area (Å²) >= 11 is 0.422. The molecular weight excluding hydrogens is 574 g/mol. The third kappa shape index (κ3) is 9.45. The second-order valence-electron chi connectivity index (χ2n) is 8.31. The van der Waals surface area contributed by atoms with E-state index in [9.17, 15) is 29.8 Å². The zero-order valence-corrected chi connectivity index (χ0v) is 23.9. The first-order valence-electron chi connectivity index (χ1n) is 12.0. The highest BCUT2D eigenvalue weighted by Crippen LogP contribution is 2.43. The first-order chi connectivity index (χ1) is 19.9. The molecule has 16 nitrogen and oxygen atoms in total. The van der Waals surface area contributed by atoms with Crippen molar-refractivity contribution in [2.45, 2.75) is 25.7 Å². The van der Waals surface area contributed by atoms with Crippen molar-refractivity contribution in [2.24, 2.45) is 10.2 Å². The third-order valence-corrected chi connectivity index (χ3v) is 5.80. The van der Waals surface area contributed by atoms with Gasteiger partial charge in [-0.15, -0.1) is 10.2 Å². The normalized spacial score (nSPS) is 10.5. The maximum Gasteiger partial charge on any atom is 0.303 e. The Morgan fingerprint density at radius 2 is 1.64 bits per heavy atom. The topological polar surface area (TPSA) is 192 Å². The van der Waals surface area contributed by atoms with Crippen molar-refractivity contribution in [3.8, 4) is 5.75 Å². The van der Waals surface area contributed by atoms with Gasteiger partial charge in [-0.3, -0.25) is 29.8 Å². The van der Waals surface area contributed by atoms with Crippen molar-refractivity contribution in [1.29, 1.82) is 0 Å². The fraction of sp³-hybridized carbons (Fsp3) is 0.320. The first kappa shape index (κ1) is 33.0. The molecule has 2 aromatic rings. The number of hydrogen-bond donors (Lipinski definition) is 1. The minimum absolute atomic E-state index is 0.0379. The highest BCUT2D eigenvalue weighted by Gasteiger charge is 2.28. The molecule has 2 rings (SSSR count). The number of benzene rings is 2. The number of nitro groups is 2. The Hall–Kier alpha value is -5.24. The van der Waals surface area contributed by atoms with Crippen LogP contribution in [0.5, 0.6) is 5.75 Å². The molecule has 0 aliphatic carbocycles. The highest BCUT2D eigenvalue weighted by molar-refractivity contribution is 8.01. The van der Waals surface area contributed by atoms with Crippen LogP contribution in [-0.2, 0) is 19.1 Å². The van der Waals surface area contributed by atoms with Crippen molar-refractivity contribution >= 4 is 57.9 Å². The Bertz CT molecular complexity index is 1440. The summed E-state index contributed by atoms with van der Waals surface area (Å²) in [5, 5.41) is 33.7. The number of allylic oxidation sites excluding steroid dienone is 1. The Morgan fingerprint density at radius 3 is 2.17 bits per heavy atom. The van der Waals surface area contributed by atoms with E-state index in [1.54, 1.807) is 11.8 Å². The number of esters is 1. The second-order valence-corrected chi connectivity index (χ2v) is 9.11. The molecule has 0 aliphatic rings. The molecule has 0 fully saturated rings. The summed E-state index contributed by atoms with van der Waals surface area (Å²) in [5.74, 6) is -0.168. The van der Waals surface area contributed by atoms with E-state index < -0.39 is 33.1 Å². The van der Waals surface area contributed by atoms with E-state index >= 15 is 0 Å². The Morgan fingerprint density at radius 1 is 1.02 bits per heavy atom. The molecule has 17 heteroatoms. The van der Waals surface area contributed by atoms with Crippen molar-refractivity contribution in [3.63, 3.8) is 0 Å². The quantitative estimate of drug-likeness (QED) is 0.0498. The number of nitro benzene ring substituents is 2. The average Bonchev–Trinajstić information content (AvgIpc) is 2.90. The number of hydrogen-bond acceptors (Lipinski definition) is 13. The van der Waals surface area contributed by atoms with Gasteiger partial charge >= 0.3 is 23.6 Å². The van der Waals surface area contributed by atoms with Gasteiger partial charge in [0.05, 0.1) is 53.2 Å². The average molecular weight is 602 g/mol. The molecule has 42 heavy (non-hydrogen) atoms. The van der Waals surface area contributed by atoms with Gasteiger partial charge in [0, 0.05) is 26.0 Å². The molecule has 0 radical (unpaired) electrons. The van der Waals surface area contributed by atoms with Crippen LogP contribution in [0.1, 0.15) is 20.8 Å². The van der Waals surface area contributed by atoms with Crippen LogP contribution in [0.4, 0.5) is 34.1 Å². The van der Waals surface area contributed by atoms with Crippen LogP contribution in [0.3, 0.4) is 0 Å². The minimum Gasteiger partial charge on any atom is -0.497 e. The standard InChI is InChI=1S/C25H27N7O9S/c1-15(2)40-9-7-30(8-10-41-17(4)34)22-11-18(27-16(3)33)19(12-24(22)39-6)28-29-20-13-25(42-26-5)23(32(37)38)14-21(20)31(35)36/h11-14H,1,7-10H2,2-4,6H3,(H,27,33). The minimum atomic E-state index is -0.861. The van der Waals surface area contributed by atoms with Gasteiger partial charge in [0.15, 0.2) is 10.6 Å². The zero-order chi connectivity index (χ0) is 31.4. The van der Waals surface area contributed by atoms with Crippen LogP contribution < -0.4 is 15.0 Å². The lowest BCUT2D eigenvalue weighted by Crippen LogP contribution is -2.31. The second kappa shape index (κ2) is 15.5. The number of nitrogens with one attached hydrogen (secondary N) is 1. The lowest BCUT2D eigenvalue weighted by molar-refractivity contribution is -0.395. The summed E-state index contributed by atoms with van der Waals surface area (Å²) in [7, 11) is 1.39. The summed E-state index contributed by atoms with van der Waals surface area (Å²) in [6.45, 7) is 15.8. The van der Waals surface area contributed by atoms with Crippen molar-refractivity contribution in [2.75, 3.05) is 43.6 Å². The molecule has 0 heterocycles. The SMILES string of the molecule is [C-]#[N+]Sc1cc(N=Nc2cc(OC)c(N(CCOC(=C)C)CCOC(C)=O)cc2NC(C)=O)c([N+](=O)[O-])cc1[N+](=O)[O-]. The van der Waals surface area contributed by atoms with E-state index in [4.69, 9.17) is 20.8 Å². The van der Waals surface area contributed by atoms with E-state index in [1.165, 1.54) is 33.1 Å². The van der Waals surface area contributed by atoms with E-state index in [-0.39, 0.29) is 47.5 Å². The molecule has 0 bridgehead atoms.